The second kappa shape index (κ2) is 7.79. The Kier molecular flexibility index (Phi) is 5.51. The summed E-state index contributed by atoms with van der Waals surface area (Å²) in [6, 6.07) is 15.8. The minimum Gasteiger partial charge on any atom is -0.377 e. The lowest BCUT2D eigenvalue weighted by atomic mass is 10.1. The van der Waals surface area contributed by atoms with Crippen molar-refractivity contribution >= 4 is 38.9 Å². The third-order valence-corrected chi connectivity index (χ3v) is 5.36. The lowest BCUT2D eigenvalue weighted by Gasteiger charge is -2.06. The Morgan fingerprint density at radius 1 is 1.12 bits per heavy atom. The molecule has 0 aliphatic carbocycles. The third kappa shape index (κ3) is 3.78. The van der Waals surface area contributed by atoms with Gasteiger partial charge in [-0.3, -0.25) is 4.79 Å². The van der Waals surface area contributed by atoms with Gasteiger partial charge in [0.05, 0.1) is 11.6 Å². The first kappa shape index (κ1) is 17.0. The summed E-state index contributed by atoms with van der Waals surface area (Å²) in [5, 5.41) is 4.39. The SMILES string of the molecule is CCOCc1ccc(CNC(=O)c2sc3ccccc3c2Cl)cc1. The van der Waals surface area contributed by atoms with Crippen LogP contribution in [0.2, 0.25) is 5.02 Å². The average molecular weight is 360 g/mol. The summed E-state index contributed by atoms with van der Waals surface area (Å²) >= 11 is 7.76. The van der Waals surface area contributed by atoms with Gasteiger partial charge in [-0.1, -0.05) is 54.1 Å². The molecular weight excluding hydrogens is 342 g/mol. The van der Waals surface area contributed by atoms with Crippen LogP contribution in [0.3, 0.4) is 0 Å². The van der Waals surface area contributed by atoms with Gasteiger partial charge in [0.15, 0.2) is 0 Å². The van der Waals surface area contributed by atoms with Crippen molar-refractivity contribution in [3.63, 3.8) is 0 Å². The number of hydrogen-bond acceptors (Lipinski definition) is 3. The summed E-state index contributed by atoms with van der Waals surface area (Å²) in [6.45, 7) is 3.76. The standard InChI is InChI=1S/C19H18ClNO2S/c1-2-23-12-14-9-7-13(8-10-14)11-21-19(22)18-17(20)15-5-3-4-6-16(15)24-18/h3-10H,2,11-12H2,1H3,(H,21,22). The molecule has 0 bridgehead atoms. The zero-order valence-electron chi connectivity index (χ0n) is 13.3. The summed E-state index contributed by atoms with van der Waals surface area (Å²) in [7, 11) is 0. The predicted molar refractivity (Wildman–Crippen MR) is 99.8 cm³/mol. The Morgan fingerprint density at radius 2 is 1.83 bits per heavy atom. The van der Waals surface area contributed by atoms with Gasteiger partial charge in [-0.2, -0.15) is 0 Å². The zero-order valence-corrected chi connectivity index (χ0v) is 14.9. The Morgan fingerprint density at radius 3 is 2.54 bits per heavy atom. The molecule has 0 saturated carbocycles. The molecule has 3 rings (SSSR count). The van der Waals surface area contributed by atoms with Crippen molar-refractivity contribution in [3.05, 3.63) is 69.6 Å². The van der Waals surface area contributed by atoms with Crippen molar-refractivity contribution in [1.29, 1.82) is 0 Å². The Hall–Kier alpha value is -1.88. The summed E-state index contributed by atoms with van der Waals surface area (Å²) in [4.78, 5) is 13.0. The van der Waals surface area contributed by atoms with Crippen molar-refractivity contribution < 1.29 is 9.53 Å². The van der Waals surface area contributed by atoms with E-state index in [1.807, 2.05) is 55.5 Å². The van der Waals surface area contributed by atoms with Gasteiger partial charge in [0.1, 0.15) is 4.88 Å². The van der Waals surface area contributed by atoms with Crippen LogP contribution >= 0.6 is 22.9 Å². The maximum atomic E-state index is 12.4. The number of halogens is 1. The van der Waals surface area contributed by atoms with Crippen molar-refractivity contribution in [2.24, 2.45) is 0 Å². The summed E-state index contributed by atoms with van der Waals surface area (Å²) < 4.78 is 6.40. The van der Waals surface area contributed by atoms with Gasteiger partial charge in [-0.15, -0.1) is 11.3 Å². The number of benzene rings is 2. The fourth-order valence-electron chi connectivity index (χ4n) is 2.40. The highest BCUT2D eigenvalue weighted by Crippen LogP contribution is 2.34. The van der Waals surface area contributed by atoms with E-state index in [0.29, 0.717) is 29.7 Å². The van der Waals surface area contributed by atoms with Gasteiger partial charge in [-0.05, 0) is 24.1 Å². The van der Waals surface area contributed by atoms with Crippen LogP contribution in [0, 0.1) is 0 Å². The molecule has 0 radical (unpaired) electrons. The lowest BCUT2D eigenvalue weighted by molar-refractivity contribution is 0.0955. The van der Waals surface area contributed by atoms with Crippen LogP contribution in [0.5, 0.6) is 0 Å². The number of rotatable bonds is 6. The molecule has 0 saturated heterocycles. The number of fused-ring (bicyclic) bond motifs is 1. The number of carbonyl (C=O) groups excluding carboxylic acids is 1. The van der Waals surface area contributed by atoms with Gasteiger partial charge in [-0.25, -0.2) is 0 Å². The van der Waals surface area contributed by atoms with Crippen molar-refractivity contribution in [2.45, 2.75) is 20.1 Å². The number of nitrogens with one attached hydrogen (secondary N) is 1. The monoisotopic (exact) mass is 359 g/mol. The topological polar surface area (TPSA) is 38.3 Å². The molecule has 0 unspecified atom stereocenters. The molecule has 1 amide bonds. The van der Waals surface area contributed by atoms with Gasteiger partial charge >= 0.3 is 0 Å². The minimum atomic E-state index is -0.139. The summed E-state index contributed by atoms with van der Waals surface area (Å²) in [6.07, 6.45) is 0. The molecule has 0 atom stereocenters. The molecule has 0 aliphatic rings. The van der Waals surface area contributed by atoms with Crippen molar-refractivity contribution in [3.8, 4) is 0 Å². The summed E-state index contributed by atoms with van der Waals surface area (Å²) in [5.41, 5.74) is 2.17. The second-order valence-electron chi connectivity index (χ2n) is 5.38. The van der Waals surface area contributed by atoms with E-state index in [-0.39, 0.29) is 5.91 Å². The summed E-state index contributed by atoms with van der Waals surface area (Å²) in [5.74, 6) is -0.139. The number of carbonyl (C=O) groups is 1. The first-order valence-corrected chi connectivity index (χ1v) is 8.99. The first-order chi connectivity index (χ1) is 11.7. The highest BCUT2D eigenvalue weighted by Gasteiger charge is 2.16. The fraction of sp³-hybridized carbons (Fsp3) is 0.211. The molecule has 124 valence electrons. The highest BCUT2D eigenvalue weighted by molar-refractivity contribution is 7.21. The smallest absolute Gasteiger partial charge is 0.263 e. The van der Waals surface area contributed by atoms with Crippen LogP contribution in [0.4, 0.5) is 0 Å². The largest absolute Gasteiger partial charge is 0.377 e. The van der Waals surface area contributed by atoms with Crippen LogP contribution in [-0.2, 0) is 17.9 Å². The van der Waals surface area contributed by atoms with Crippen LogP contribution in [0.25, 0.3) is 10.1 Å². The number of thiophene rings is 1. The second-order valence-corrected chi connectivity index (χ2v) is 6.81. The van der Waals surface area contributed by atoms with E-state index in [0.717, 1.165) is 21.2 Å². The van der Waals surface area contributed by atoms with Gasteiger partial charge < -0.3 is 10.1 Å². The van der Waals surface area contributed by atoms with E-state index < -0.39 is 0 Å². The Labute approximate surface area is 150 Å². The molecule has 1 aromatic heterocycles. The molecule has 0 fully saturated rings. The van der Waals surface area contributed by atoms with Crippen LogP contribution in [0.1, 0.15) is 27.7 Å². The predicted octanol–water partition coefficient (Wildman–Crippen LogP) is 5.02. The lowest BCUT2D eigenvalue weighted by Crippen LogP contribution is -2.22. The van der Waals surface area contributed by atoms with Crippen LogP contribution < -0.4 is 5.32 Å². The van der Waals surface area contributed by atoms with Gasteiger partial charge in [0.2, 0.25) is 0 Å². The number of ether oxygens (including phenoxy) is 1. The molecule has 3 aromatic rings. The third-order valence-electron chi connectivity index (χ3n) is 3.69. The molecule has 5 heteroatoms. The molecule has 3 nitrogen and oxygen atoms in total. The Balaban J connectivity index is 1.65. The van der Waals surface area contributed by atoms with E-state index in [1.54, 1.807) is 0 Å². The quantitative estimate of drug-likeness (QED) is 0.671. The van der Waals surface area contributed by atoms with E-state index in [4.69, 9.17) is 16.3 Å². The minimum absolute atomic E-state index is 0.139. The normalized spacial score (nSPS) is 10.9. The van der Waals surface area contributed by atoms with Gasteiger partial charge in [0.25, 0.3) is 5.91 Å². The van der Waals surface area contributed by atoms with E-state index >= 15 is 0 Å². The maximum absolute atomic E-state index is 12.4. The van der Waals surface area contributed by atoms with E-state index in [1.165, 1.54) is 11.3 Å². The van der Waals surface area contributed by atoms with Crippen molar-refractivity contribution in [1.82, 2.24) is 5.32 Å². The van der Waals surface area contributed by atoms with E-state index in [9.17, 15) is 4.79 Å². The molecular formula is C19H18ClNO2S. The van der Waals surface area contributed by atoms with Crippen LogP contribution in [-0.4, -0.2) is 12.5 Å². The molecule has 1 N–H and O–H groups in total. The van der Waals surface area contributed by atoms with Crippen LogP contribution in [0.15, 0.2) is 48.5 Å². The van der Waals surface area contributed by atoms with Crippen molar-refractivity contribution in [2.75, 3.05) is 6.61 Å². The van der Waals surface area contributed by atoms with Gasteiger partial charge in [0, 0.05) is 23.2 Å². The molecule has 0 spiro atoms. The molecule has 1 heterocycles. The number of hydrogen-bond donors (Lipinski definition) is 1. The average Bonchev–Trinajstić information content (AvgIpc) is 2.96. The Bertz CT molecular complexity index is 842. The molecule has 2 aromatic carbocycles. The number of amides is 1. The highest BCUT2D eigenvalue weighted by atomic mass is 35.5. The zero-order chi connectivity index (χ0) is 16.9. The maximum Gasteiger partial charge on any atom is 0.263 e. The fourth-order valence-corrected chi connectivity index (χ4v) is 3.83. The first-order valence-electron chi connectivity index (χ1n) is 7.80. The van der Waals surface area contributed by atoms with E-state index in [2.05, 4.69) is 5.32 Å². The molecule has 24 heavy (non-hydrogen) atoms. The molecule has 0 aliphatic heterocycles.